The van der Waals surface area contributed by atoms with Crippen LogP contribution in [-0.2, 0) is 10.5 Å². The van der Waals surface area contributed by atoms with Gasteiger partial charge in [0.15, 0.2) is 5.65 Å². The van der Waals surface area contributed by atoms with Crippen molar-refractivity contribution in [3.05, 3.63) is 58.2 Å². The van der Waals surface area contributed by atoms with E-state index in [0.717, 1.165) is 10.6 Å². The summed E-state index contributed by atoms with van der Waals surface area (Å²) < 4.78 is 6.45. The number of carbonyl (C=O) groups is 1. The summed E-state index contributed by atoms with van der Waals surface area (Å²) in [5.41, 5.74) is 1.76. The number of rotatable bonds is 4. The van der Waals surface area contributed by atoms with E-state index < -0.39 is 0 Å². The molecule has 6 nitrogen and oxygen atoms in total. The molecule has 3 rings (SSSR count). The molecule has 0 aliphatic carbocycles. The monoisotopic (exact) mass is 329 g/mol. The lowest BCUT2D eigenvalue weighted by atomic mass is 10.3. The lowest BCUT2D eigenvalue weighted by Gasteiger charge is -2.04. The van der Waals surface area contributed by atoms with E-state index in [9.17, 15) is 9.59 Å². The van der Waals surface area contributed by atoms with Gasteiger partial charge in [-0.2, -0.15) is 0 Å². The van der Waals surface area contributed by atoms with Crippen LogP contribution >= 0.6 is 11.8 Å². The molecule has 0 aliphatic heterocycles. The van der Waals surface area contributed by atoms with E-state index in [2.05, 4.69) is 10.3 Å². The SMILES string of the molecule is CC(=O)Nc1ccc(SCc2cc(=O)n3oc(C)cc3n2)cc1. The Balaban J connectivity index is 1.73. The fraction of sp³-hybridized carbons (Fsp3) is 0.188. The summed E-state index contributed by atoms with van der Waals surface area (Å²) in [6, 6.07) is 10.7. The number of anilines is 1. The number of carbonyl (C=O) groups excluding carboxylic acids is 1. The van der Waals surface area contributed by atoms with E-state index in [-0.39, 0.29) is 11.5 Å². The van der Waals surface area contributed by atoms with E-state index in [1.807, 2.05) is 24.3 Å². The normalized spacial score (nSPS) is 10.9. The van der Waals surface area contributed by atoms with Crippen LogP contribution < -0.4 is 10.9 Å². The van der Waals surface area contributed by atoms with Crippen LogP contribution in [0.3, 0.4) is 0 Å². The maximum absolute atomic E-state index is 12.0. The third kappa shape index (κ3) is 3.62. The van der Waals surface area contributed by atoms with E-state index >= 15 is 0 Å². The largest absolute Gasteiger partial charge is 0.375 e. The Morgan fingerprint density at radius 2 is 2.04 bits per heavy atom. The number of fused-ring (bicyclic) bond motifs is 1. The second kappa shape index (κ2) is 6.29. The van der Waals surface area contributed by atoms with Crippen molar-refractivity contribution in [2.75, 3.05) is 5.32 Å². The number of aromatic nitrogens is 2. The number of nitrogens with zero attached hydrogens (tertiary/aromatic N) is 2. The maximum Gasteiger partial charge on any atom is 0.287 e. The van der Waals surface area contributed by atoms with Gasteiger partial charge in [0.2, 0.25) is 5.91 Å². The second-order valence-corrected chi connectivity index (χ2v) is 6.13. The van der Waals surface area contributed by atoms with Crippen LogP contribution in [-0.4, -0.2) is 15.5 Å². The summed E-state index contributed by atoms with van der Waals surface area (Å²) in [5.74, 6) is 1.13. The molecule has 0 bridgehead atoms. The second-order valence-electron chi connectivity index (χ2n) is 5.08. The summed E-state index contributed by atoms with van der Waals surface area (Å²) in [6.45, 7) is 3.25. The van der Waals surface area contributed by atoms with Gasteiger partial charge in [-0.3, -0.25) is 9.59 Å². The molecule has 3 aromatic rings. The first-order chi connectivity index (χ1) is 11.0. The zero-order valence-corrected chi connectivity index (χ0v) is 13.5. The molecule has 0 saturated carbocycles. The molecule has 7 heteroatoms. The summed E-state index contributed by atoms with van der Waals surface area (Å²) in [5, 5.41) is 2.72. The molecular weight excluding hydrogens is 314 g/mol. The first kappa shape index (κ1) is 15.4. The molecular formula is C16H15N3O3S. The zero-order chi connectivity index (χ0) is 16.4. The number of thioether (sulfide) groups is 1. The smallest absolute Gasteiger partial charge is 0.287 e. The van der Waals surface area contributed by atoms with E-state index in [4.69, 9.17) is 4.52 Å². The predicted molar refractivity (Wildman–Crippen MR) is 88.8 cm³/mol. The zero-order valence-electron chi connectivity index (χ0n) is 12.7. The van der Waals surface area contributed by atoms with Gasteiger partial charge in [0.1, 0.15) is 5.76 Å². The molecule has 0 aliphatic rings. The van der Waals surface area contributed by atoms with Crippen LogP contribution in [0.1, 0.15) is 18.4 Å². The molecule has 0 radical (unpaired) electrons. The lowest BCUT2D eigenvalue weighted by molar-refractivity contribution is -0.114. The van der Waals surface area contributed by atoms with Crippen molar-refractivity contribution >= 4 is 29.0 Å². The first-order valence-electron chi connectivity index (χ1n) is 7.01. The van der Waals surface area contributed by atoms with Gasteiger partial charge in [0.25, 0.3) is 5.56 Å². The van der Waals surface area contributed by atoms with Crippen molar-refractivity contribution in [2.24, 2.45) is 0 Å². The molecule has 1 amide bonds. The van der Waals surface area contributed by atoms with Crippen LogP contribution in [0.5, 0.6) is 0 Å². The van der Waals surface area contributed by atoms with E-state index in [0.29, 0.717) is 22.9 Å². The Hall–Kier alpha value is -2.54. The van der Waals surface area contributed by atoms with Crippen molar-refractivity contribution < 1.29 is 9.32 Å². The van der Waals surface area contributed by atoms with Gasteiger partial charge in [0, 0.05) is 35.4 Å². The van der Waals surface area contributed by atoms with Gasteiger partial charge >= 0.3 is 0 Å². The minimum Gasteiger partial charge on any atom is -0.375 e. The first-order valence-corrected chi connectivity index (χ1v) is 8.00. The molecule has 0 unspecified atom stereocenters. The van der Waals surface area contributed by atoms with Crippen molar-refractivity contribution in [2.45, 2.75) is 24.5 Å². The Morgan fingerprint density at radius 1 is 1.30 bits per heavy atom. The Bertz CT molecular complexity index is 912. The number of amides is 1. The summed E-state index contributed by atoms with van der Waals surface area (Å²) >= 11 is 1.57. The average Bonchev–Trinajstić information content (AvgIpc) is 2.87. The Kier molecular flexibility index (Phi) is 4.20. The number of nitrogens with one attached hydrogen (secondary N) is 1. The highest BCUT2D eigenvalue weighted by Gasteiger charge is 2.07. The van der Waals surface area contributed by atoms with Crippen LogP contribution in [0.15, 0.2) is 50.6 Å². The molecule has 2 aromatic heterocycles. The highest BCUT2D eigenvalue weighted by molar-refractivity contribution is 7.98. The van der Waals surface area contributed by atoms with Crippen molar-refractivity contribution in [3.63, 3.8) is 0 Å². The molecule has 0 saturated heterocycles. The molecule has 118 valence electrons. The quantitative estimate of drug-likeness (QED) is 0.745. The molecule has 1 N–H and O–H groups in total. The average molecular weight is 329 g/mol. The summed E-state index contributed by atoms with van der Waals surface area (Å²) in [4.78, 5) is 28.4. The molecule has 1 aromatic carbocycles. The minimum absolute atomic E-state index is 0.0983. The third-order valence-electron chi connectivity index (χ3n) is 3.09. The number of hydrogen-bond donors (Lipinski definition) is 1. The minimum atomic E-state index is -0.222. The van der Waals surface area contributed by atoms with Crippen LogP contribution in [0.4, 0.5) is 5.69 Å². The van der Waals surface area contributed by atoms with Crippen molar-refractivity contribution in [3.8, 4) is 0 Å². The fourth-order valence-corrected chi connectivity index (χ4v) is 2.93. The van der Waals surface area contributed by atoms with Crippen LogP contribution in [0.25, 0.3) is 5.65 Å². The van der Waals surface area contributed by atoms with E-state index in [1.165, 1.54) is 17.6 Å². The van der Waals surface area contributed by atoms with Crippen LogP contribution in [0, 0.1) is 6.92 Å². The number of aryl methyl sites for hydroxylation is 1. The Morgan fingerprint density at radius 3 is 2.74 bits per heavy atom. The van der Waals surface area contributed by atoms with E-state index in [1.54, 1.807) is 24.8 Å². The number of benzene rings is 1. The molecule has 0 fully saturated rings. The lowest BCUT2D eigenvalue weighted by Crippen LogP contribution is -2.12. The molecule has 0 atom stereocenters. The van der Waals surface area contributed by atoms with Gasteiger partial charge < -0.3 is 9.84 Å². The highest BCUT2D eigenvalue weighted by atomic mass is 32.2. The Labute approximate surface area is 136 Å². The van der Waals surface area contributed by atoms with Gasteiger partial charge in [-0.25, -0.2) is 4.98 Å². The van der Waals surface area contributed by atoms with Gasteiger partial charge in [0.05, 0.1) is 5.69 Å². The number of hydrogen-bond acceptors (Lipinski definition) is 5. The van der Waals surface area contributed by atoms with Crippen molar-refractivity contribution in [1.29, 1.82) is 0 Å². The molecule has 0 spiro atoms. The molecule has 23 heavy (non-hydrogen) atoms. The fourth-order valence-electron chi connectivity index (χ4n) is 2.14. The molecule has 2 heterocycles. The third-order valence-corrected chi connectivity index (χ3v) is 4.13. The standard InChI is InChI=1S/C16H15N3O3S/c1-10-7-15-18-13(8-16(21)19(15)22-10)9-23-14-5-3-12(4-6-14)17-11(2)20/h3-8H,9H2,1-2H3,(H,17,20). The highest BCUT2D eigenvalue weighted by Crippen LogP contribution is 2.23. The van der Waals surface area contributed by atoms with Gasteiger partial charge in [-0.1, -0.05) is 0 Å². The summed E-state index contributed by atoms with van der Waals surface area (Å²) in [7, 11) is 0. The van der Waals surface area contributed by atoms with Crippen LogP contribution in [0.2, 0.25) is 0 Å². The van der Waals surface area contributed by atoms with Gasteiger partial charge in [-0.05, 0) is 31.2 Å². The predicted octanol–water partition coefficient (Wildman–Crippen LogP) is 2.85. The summed E-state index contributed by atoms with van der Waals surface area (Å²) in [6.07, 6.45) is 0. The maximum atomic E-state index is 12.0. The van der Waals surface area contributed by atoms with Crippen molar-refractivity contribution in [1.82, 2.24) is 9.56 Å². The topological polar surface area (TPSA) is 76.6 Å². The van der Waals surface area contributed by atoms with Gasteiger partial charge in [-0.15, -0.1) is 16.3 Å².